The highest BCUT2D eigenvalue weighted by Crippen LogP contribution is 2.32. The normalized spacial score (nSPS) is 15.5. The fraction of sp³-hybridized carbons (Fsp3) is 0.348. The molecule has 0 saturated carbocycles. The van der Waals surface area contributed by atoms with Crippen LogP contribution in [-0.2, 0) is 9.53 Å². The Hall–Kier alpha value is -3.95. The van der Waals surface area contributed by atoms with Crippen LogP contribution < -0.4 is 15.5 Å². The Balaban J connectivity index is 1.61. The number of esters is 1. The van der Waals surface area contributed by atoms with Crippen LogP contribution in [0.3, 0.4) is 0 Å². The molecule has 1 unspecified atom stereocenters. The summed E-state index contributed by atoms with van der Waals surface area (Å²) in [6, 6.07) is 10.4. The van der Waals surface area contributed by atoms with Gasteiger partial charge in [-0.25, -0.2) is 4.79 Å². The number of rotatable bonds is 7. The Kier molecular flexibility index (Phi) is 7.60. The van der Waals surface area contributed by atoms with Crippen molar-refractivity contribution in [2.75, 3.05) is 37.0 Å². The van der Waals surface area contributed by atoms with E-state index >= 15 is 0 Å². The number of piperidine rings is 1. The number of nitrogens with zero attached hydrogens (tertiary/aromatic N) is 2. The molecule has 0 radical (unpaired) electrons. The Morgan fingerprint density at radius 2 is 1.85 bits per heavy atom. The number of nitrogens with one attached hydrogen (secondary N) is 2. The molecule has 0 bridgehead atoms. The minimum absolute atomic E-state index is 0.00163. The number of anilines is 2. The molecule has 33 heavy (non-hydrogen) atoms. The van der Waals surface area contributed by atoms with Gasteiger partial charge >= 0.3 is 5.97 Å². The van der Waals surface area contributed by atoms with E-state index in [1.165, 1.54) is 19.2 Å². The molecule has 1 saturated heterocycles. The number of carbonyl (C=O) groups is 3. The molecule has 2 N–H and O–H groups in total. The molecule has 1 atom stereocenters. The van der Waals surface area contributed by atoms with Gasteiger partial charge in [0, 0.05) is 37.5 Å². The first kappa shape index (κ1) is 23.7. The first-order valence-corrected chi connectivity index (χ1v) is 10.6. The predicted molar refractivity (Wildman–Crippen MR) is 122 cm³/mol. The van der Waals surface area contributed by atoms with Crippen LogP contribution in [0.1, 0.15) is 40.5 Å². The summed E-state index contributed by atoms with van der Waals surface area (Å²) in [6.07, 6.45) is 2.03. The molecule has 1 aliphatic heterocycles. The number of nitro benzene ring substituents is 1. The molecular weight excluding hydrogens is 428 g/mol. The van der Waals surface area contributed by atoms with Gasteiger partial charge in [-0.1, -0.05) is 6.92 Å². The molecule has 174 valence electrons. The third kappa shape index (κ3) is 6.06. The lowest BCUT2D eigenvalue weighted by atomic mass is 9.99. The Morgan fingerprint density at radius 3 is 2.48 bits per heavy atom. The molecular formula is C23H26N4O6. The van der Waals surface area contributed by atoms with Crippen LogP contribution in [0, 0.1) is 16.0 Å². The van der Waals surface area contributed by atoms with E-state index in [0.29, 0.717) is 22.9 Å². The molecule has 1 heterocycles. The van der Waals surface area contributed by atoms with Gasteiger partial charge in [-0.2, -0.15) is 0 Å². The van der Waals surface area contributed by atoms with Crippen LogP contribution in [-0.4, -0.2) is 49.5 Å². The minimum atomic E-state index is -0.832. The van der Waals surface area contributed by atoms with Crippen molar-refractivity contribution < 1.29 is 24.0 Å². The maximum absolute atomic E-state index is 12.4. The van der Waals surface area contributed by atoms with E-state index < -0.39 is 23.4 Å². The van der Waals surface area contributed by atoms with Crippen molar-refractivity contribution in [2.24, 2.45) is 5.92 Å². The molecule has 2 amide bonds. The standard InChI is InChI=1S/C23H26N4O6/c1-15-4-3-11-26(13-15)19-10-7-17(12-20(19)27(31)32)23(30)33-14-21(28)25-18-8-5-16(6-9-18)22(29)24-2/h5-10,12,15H,3-4,11,13-14H2,1-2H3,(H,24,29)(H,25,28). The largest absolute Gasteiger partial charge is 0.452 e. The van der Waals surface area contributed by atoms with E-state index in [2.05, 4.69) is 17.6 Å². The van der Waals surface area contributed by atoms with Gasteiger partial charge in [0.15, 0.2) is 6.61 Å². The number of hydrogen-bond acceptors (Lipinski definition) is 7. The van der Waals surface area contributed by atoms with E-state index in [0.717, 1.165) is 25.9 Å². The quantitative estimate of drug-likeness (QED) is 0.373. The number of benzene rings is 2. The second kappa shape index (κ2) is 10.6. The molecule has 0 aliphatic carbocycles. The van der Waals surface area contributed by atoms with Crippen molar-refractivity contribution in [1.29, 1.82) is 0 Å². The molecule has 2 aromatic rings. The van der Waals surface area contributed by atoms with Crippen LogP contribution >= 0.6 is 0 Å². The number of carbonyl (C=O) groups excluding carboxylic acids is 3. The van der Waals surface area contributed by atoms with Crippen molar-refractivity contribution in [3.63, 3.8) is 0 Å². The molecule has 10 heteroatoms. The van der Waals surface area contributed by atoms with Gasteiger partial charge in [-0.3, -0.25) is 19.7 Å². The Labute approximate surface area is 191 Å². The molecule has 1 fully saturated rings. The SMILES string of the molecule is CNC(=O)c1ccc(NC(=O)COC(=O)c2ccc(N3CCCC(C)C3)c([N+](=O)[O-])c2)cc1. The summed E-state index contributed by atoms with van der Waals surface area (Å²) in [5.74, 6) is -1.23. The van der Waals surface area contributed by atoms with E-state index in [1.807, 2.05) is 4.90 Å². The minimum Gasteiger partial charge on any atom is -0.452 e. The van der Waals surface area contributed by atoms with Crippen LogP contribution in [0.2, 0.25) is 0 Å². The maximum Gasteiger partial charge on any atom is 0.338 e. The van der Waals surface area contributed by atoms with Gasteiger partial charge in [0.1, 0.15) is 5.69 Å². The zero-order chi connectivity index (χ0) is 24.0. The Bertz CT molecular complexity index is 1050. The van der Waals surface area contributed by atoms with Crippen LogP contribution in [0.15, 0.2) is 42.5 Å². The summed E-state index contributed by atoms with van der Waals surface area (Å²) in [4.78, 5) is 49.1. The van der Waals surface area contributed by atoms with E-state index in [9.17, 15) is 24.5 Å². The number of nitro groups is 1. The third-order valence-electron chi connectivity index (χ3n) is 5.40. The Morgan fingerprint density at radius 1 is 1.15 bits per heavy atom. The lowest BCUT2D eigenvalue weighted by Gasteiger charge is -2.32. The van der Waals surface area contributed by atoms with Crippen molar-refractivity contribution in [2.45, 2.75) is 19.8 Å². The third-order valence-corrected chi connectivity index (χ3v) is 5.40. The summed E-state index contributed by atoms with van der Waals surface area (Å²) < 4.78 is 5.03. The lowest BCUT2D eigenvalue weighted by Crippen LogP contribution is -2.34. The molecule has 0 aromatic heterocycles. The van der Waals surface area contributed by atoms with E-state index in [1.54, 1.807) is 30.3 Å². The molecule has 2 aromatic carbocycles. The molecule has 0 spiro atoms. The first-order valence-electron chi connectivity index (χ1n) is 10.6. The van der Waals surface area contributed by atoms with E-state index in [4.69, 9.17) is 4.74 Å². The highest BCUT2D eigenvalue weighted by atomic mass is 16.6. The van der Waals surface area contributed by atoms with Gasteiger partial charge < -0.3 is 20.3 Å². The monoisotopic (exact) mass is 454 g/mol. The summed E-state index contributed by atoms with van der Waals surface area (Å²) >= 11 is 0. The zero-order valence-electron chi connectivity index (χ0n) is 18.5. The van der Waals surface area contributed by atoms with E-state index in [-0.39, 0.29) is 17.2 Å². The van der Waals surface area contributed by atoms with Gasteiger partial charge in [-0.15, -0.1) is 0 Å². The fourth-order valence-electron chi connectivity index (χ4n) is 3.73. The van der Waals surface area contributed by atoms with Gasteiger partial charge in [0.2, 0.25) is 0 Å². The van der Waals surface area contributed by atoms with Crippen molar-refractivity contribution in [3.8, 4) is 0 Å². The summed E-state index contributed by atoms with van der Waals surface area (Å²) in [5, 5.41) is 16.7. The molecule has 1 aliphatic rings. The fourth-order valence-corrected chi connectivity index (χ4v) is 3.73. The first-order chi connectivity index (χ1) is 15.8. The van der Waals surface area contributed by atoms with Crippen molar-refractivity contribution in [1.82, 2.24) is 5.32 Å². The highest BCUT2D eigenvalue weighted by Gasteiger charge is 2.25. The van der Waals surface area contributed by atoms with Crippen LogP contribution in [0.4, 0.5) is 17.1 Å². The van der Waals surface area contributed by atoms with Gasteiger partial charge in [-0.05, 0) is 55.2 Å². The lowest BCUT2D eigenvalue weighted by molar-refractivity contribution is -0.384. The van der Waals surface area contributed by atoms with Crippen LogP contribution in [0.5, 0.6) is 0 Å². The zero-order valence-corrected chi connectivity index (χ0v) is 18.5. The van der Waals surface area contributed by atoms with Crippen molar-refractivity contribution >= 4 is 34.8 Å². The summed E-state index contributed by atoms with van der Waals surface area (Å²) in [6.45, 7) is 2.98. The average molecular weight is 454 g/mol. The van der Waals surface area contributed by atoms with Crippen molar-refractivity contribution in [3.05, 3.63) is 63.7 Å². The van der Waals surface area contributed by atoms with Gasteiger partial charge in [0.25, 0.3) is 17.5 Å². The summed E-state index contributed by atoms with van der Waals surface area (Å²) in [7, 11) is 1.52. The smallest absolute Gasteiger partial charge is 0.338 e. The summed E-state index contributed by atoms with van der Waals surface area (Å²) in [5.41, 5.74) is 1.17. The maximum atomic E-state index is 12.4. The average Bonchev–Trinajstić information content (AvgIpc) is 2.82. The number of ether oxygens (including phenoxy) is 1. The number of amides is 2. The predicted octanol–water partition coefficient (Wildman–Crippen LogP) is 2.99. The van der Waals surface area contributed by atoms with Crippen LogP contribution in [0.25, 0.3) is 0 Å². The topological polar surface area (TPSA) is 131 Å². The molecule has 3 rings (SSSR count). The highest BCUT2D eigenvalue weighted by molar-refractivity contribution is 5.97. The second-order valence-electron chi connectivity index (χ2n) is 7.93. The second-order valence-corrected chi connectivity index (χ2v) is 7.93. The number of hydrogen-bond donors (Lipinski definition) is 2. The molecule has 10 nitrogen and oxygen atoms in total. The van der Waals surface area contributed by atoms with Gasteiger partial charge in [0.05, 0.1) is 10.5 Å².